The fraction of sp³-hybridized carbons (Fsp3) is 0.160. The summed E-state index contributed by atoms with van der Waals surface area (Å²) in [6, 6.07) is 13.4. The van der Waals surface area contributed by atoms with Gasteiger partial charge in [0.25, 0.3) is 10.0 Å². The van der Waals surface area contributed by atoms with Crippen LogP contribution >= 0.6 is 34.1 Å². The molecule has 9 nitrogen and oxygen atoms in total. The lowest BCUT2D eigenvalue weighted by molar-refractivity contribution is -0.137. The molecule has 0 saturated carbocycles. The maximum Gasteiger partial charge on any atom is 0.416 e. The third-order valence-electron chi connectivity index (χ3n) is 5.51. The van der Waals surface area contributed by atoms with Crippen LogP contribution < -0.4 is 18.5 Å². The molecular weight excluding hydrogens is 684 g/mol. The Labute approximate surface area is 245 Å². The van der Waals surface area contributed by atoms with Gasteiger partial charge in [-0.3, -0.25) is 0 Å². The van der Waals surface area contributed by atoms with E-state index in [1.807, 2.05) is 6.07 Å². The summed E-state index contributed by atoms with van der Waals surface area (Å²) >= 11 is 2.55. The van der Waals surface area contributed by atoms with Crippen LogP contribution in [0.3, 0.4) is 0 Å². The molecule has 1 aromatic heterocycles. The van der Waals surface area contributed by atoms with Crippen LogP contribution in [0.25, 0.3) is 0 Å². The van der Waals surface area contributed by atoms with E-state index in [1.165, 1.54) is 32.7 Å². The van der Waals surface area contributed by atoms with E-state index in [1.54, 1.807) is 40.8 Å². The molecule has 4 rings (SSSR count). The van der Waals surface area contributed by atoms with Gasteiger partial charge in [0.1, 0.15) is 35.4 Å². The molecule has 0 N–H and O–H groups in total. The highest BCUT2D eigenvalue weighted by molar-refractivity contribution is 14.1. The van der Waals surface area contributed by atoms with E-state index in [0.29, 0.717) is 17.1 Å². The van der Waals surface area contributed by atoms with E-state index in [2.05, 4.69) is 9.36 Å². The van der Waals surface area contributed by atoms with E-state index in [0.717, 1.165) is 40.1 Å². The average molecular weight is 702 g/mol. The lowest BCUT2D eigenvalue weighted by Gasteiger charge is -2.23. The summed E-state index contributed by atoms with van der Waals surface area (Å²) in [5.41, 5.74) is -0.480. The Bertz CT molecular complexity index is 1680. The van der Waals surface area contributed by atoms with Gasteiger partial charge in [0.2, 0.25) is 5.13 Å². The number of ether oxygens (including phenoxy) is 3. The van der Waals surface area contributed by atoms with Crippen LogP contribution in [0.2, 0.25) is 0 Å². The quantitative estimate of drug-likeness (QED) is 0.189. The third-order valence-corrected chi connectivity index (χ3v) is 8.89. The number of hydrogen-bond acceptors (Lipinski definition) is 9. The maximum absolute atomic E-state index is 13.8. The molecule has 208 valence electrons. The van der Waals surface area contributed by atoms with Gasteiger partial charge >= 0.3 is 6.18 Å². The standard InChI is InChI=1S/C25H18F3IN4O5S2/c1-36-18-5-3-15(23(11-18)37-2)13-33(24-31-14-32-39-24)40(34,35)19-6-8-21(16(9-19)12-30)38-22-7-4-17(10-20(22)29)25(26,27)28/h3-11,14H,13H2,1-2H3. The number of nitrogens with zero attached hydrogens (tertiary/aromatic N) is 4. The monoisotopic (exact) mass is 702 g/mol. The van der Waals surface area contributed by atoms with Crippen LogP contribution in [0.15, 0.2) is 65.8 Å². The molecule has 0 radical (unpaired) electrons. The molecule has 0 aliphatic carbocycles. The molecule has 0 fully saturated rings. The molecular formula is C25H18F3IN4O5S2. The minimum atomic E-state index is -4.53. The van der Waals surface area contributed by atoms with Crippen molar-refractivity contribution in [2.24, 2.45) is 0 Å². The smallest absolute Gasteiger partial charge is 0.416 e. The highest BCUT2D eigenvalue weighted by Crippen LogP contribution is 2.37. The van der Waals surface area contributed by atoms with Crippen molar-refractivity contribution in [1.29, 1.82) is 5.26 Å². The minimum Gasteiger partial charge on any atom is -0.497 e. The van der Waals surface area contributed by atoms with Crippen molar-refractivity contribution in [3.63, 3.8) is 0 Å². The van der Waals surface area contributed by atoms with Gasteiger partial charge in [-0.2, -0.15) is 22.8 Å². The normalized spacial score (nSPS) is 11.5. The van der Waals surface area contributed by atoms with Crippen LogP contribution in [0.4, 0.5) is 18.3 Å². The van der Waals surface area contributed by atoms with Crippen molar-refractivity contribution in [3.05, 3.63) is 81.2 Å². The predicted octanol–water partition coefficient (Wildman–Crippen LogP) is 6.24. The SMILES string of the molecule is COc1ccc(CN(c2ncns2)S(=O)(=O)c2ccc(Oc3ccc(C(F)(F)F)cc3I)c(C#N)c2)c(OC)c1. The molecule has 0 unspecified atom stereocenters. The Morgan fingerprint density at radius 1 is 1.02 bits per heavy atom. The number of nitriles is 1. The molecule has 0 aliphatic rings. The molecule has 3 aromatic carbocycles. The van der Waals surface area contributed by atoms with Crippen LogP contribution in [0.1, 0.15) is 16.7 Å². The number of rotatable bonds is 9. The Balaban J connectivity index is 1.70. The van der Waals surface area contributed by atoms with E-state index >= 15 is 0 Å². The molecule has 0 bridgehead atoms. The highest BCUT2D eigenvalue weighted by atomic mass is 127. The number of methoxy groups -OCH3 is 2. The molecule has 40 heavy (non-hydrogen) atoms. The first-order valence-electron chi connectivity index (χ1n) is 11.1. The number of anilines is 1. The number of alkyl halides is 3. The zero-order valence-electron chi connectivity index (χ0n) is 20.6. The summed E-state index contributed by atoms with van der Waals surface area (Å²) in [5.74, 6) is 0.945. The number of aromatic nitrogens is 2. The van der Waals surface area contributed by atoms with Crippen molar-refractivity contribution >= 4 is 49.3 Å². The molecule has 15 heteroatoms. The first-order valence-corrected chi connectivity index (χ1v) is 14.4. The van der Waals surface area contributed by atoms with E-state index < -0.39 is 21.8 Å². The van der Waals surface area contributed by atoms with Gasteiger partial charge in [-0.25, -0.2) is 17.7 Å². The van der Waals surface area contributed by atoms with Crippen LogP contribution in [0.5, 0.6) is 23.0 Å². The zero-order valence-corrected chi connectivity index (χ0v) is 24.4. The Kier molecular flexibility index (Phi) is 8.71. The molecule has 1 heterocycles. The second-order valence-corrected chi connectivity index (χ2v) is 11.7. The Morgan fingerprint density at radius 3 is 2.38 bits per heavy atom. The van der Waals surface area contributed by atoms with Gasteiger partial charge in [-0.05, 0) is 71.1 Å². The highest BCUT2D eigenvalue weighted by Gasteiger charge is 2.32. The van der Waals surface area contributed by atoms with Crippen molar-refractivity contribution in [2.75, 3.05) is 18.5 Å². The fourth-order valence-corrected chi connectivity index (χ4v) is 6.30. The summed E-state index contributed by atoms with van der Waals surface area (Å²) < 4.78 is 88.1. The van der Waals surface area contributed by atoms with Gasteiger partial charge in [-0.15, -0.1) is 0 Å². The van der Waals surface area contributed by atoms with Crippen molar-refractivity contribution < 1.29 is 35.8 Å². The first-order chi connectivity index (χ1) is 19.0. The van der Waals surface area contributed by atoms with Crippen LogP contribution in [-0.4, -0.2) is 32.0 Å². The molecule has 0 saturated heterocycles. The van der Waals surface area contributed by atoms with Gasteiger partial charge in [0, 0.05) is 23.2 Å². The lowest BCUT2D eigenvalue weighted by Crippen LogP contribution is -2.30. The summed E-state index contributed by atoms with van der Waals surface area (Å²) in [5, 5.41) is 9.82. The molecule has 0 aliphatic heterocycles. The summed E-state index contributed by atoms with van der Waals surface area (Å²) in [6.45, 7) is -0.172. The van der Waals surface area contributed by atoms with E-state index in [-0.39, 0.29) is 37.2 Å². The predicted molar refractivity (Wildman–Crippen MR) is 148 cm³/mol. The van der Waals surface area contributed by atoms with Crippen molar-refractivity contribution in [1.82, 2.24) is 9.36 Å². The average Bonchev–Trinajstić information content (AvgIpc) is 3.46. The number of sulfonamides is 1. The van der Waals surface area contributed by atoms with Crippen LogP contribution in [-0.2, 0) is 22.7 Å². The number of halogens is 4. The summed E-state index contributed by atoms with van der Waals surface area (Å²) in [7, 11) is -1.36. The summed E-state index contributed by atoms with van der Waals surface area (Å²) in [4.78, 5) is 3.83. The minimum absolute atomic E-state index is 0.0292. The Hall–Kier alpha value is -3.62. The molecule has 0 atom stereocenters. The Morgan fingerprint density at radius 2 is 1.77 bits per heavy atom. The van der Waals surface area contributed by atoms with Gasteiger partial charge in [0.05, 0.1) is 40.4 Å². The summed E-state index contributed by atoms with van der Waals surface area (Å²) in [6.07, 6.45) is -3.31. The van der Waals surface area contributed by atoms with Crippen LogP contribution in [0, 0.1) is 14.9 Å². The topological polar surface area (TPSA) is 115 Å². The number of benzene rings is 3. The number of hydrogen-bond donors (Lipinski definition) is 0. The lowest BCUT2D eigenvalue weighted by atomic mass is 10.2. The fourth-order valence-electron chi connectivity index (χ4n) is 3.52. The van der Waals surface area contributed by atoms with Gasteiger partial charge < -0.3 is 14.2 Å². The molecule has 0 amide bonds. The maximum atomic E-state index is 13.8. The van der Waals surface area contributed by atoms with E-state index in [4.69, 9.17) is 14.2 Å². The van der Waals surface area contributed by atoms with Gasteiger partial charge in [0.15, 0.2) is 0 Å². The van der Waals surface area contributed by atoms with Crippen molar-refractivity contribution in [2.45, 2.75) is 17.6 Å². The van der Waals surface area contributed by atoms with Gasteiger partial charge in [-0.1, -0.05) is 0 Å². The largest absolute Gasteiger partial charge is 0.497 e. The van der Waals surface area contributed by atoms with Crippen molar-refractivity contribution in [3.8, 4) is 29.1 Å². The first kappa shape index (κ1) is 29.4. The third kappa shape index (κ3) is 6.24. The molecule has 0 spiro atoms. The second kappa shape index (κ2) is 11.9. The molecule has 4 aromatic rings. The van der Waals surface area contributed by atoms with E-state index in [9.17, 15) is 26.9 Å². The zero-order chi connectivity index (χ0) is 29.1. The second-order valence-electron chi connectivity index (χ2n) is 7.93.